The SMILES string of the molecule is CCn1c(SCC(=O)Nc2ccc(Br)cc2)nnc1C(C)Oc1cc(C)ccc1Cl. The summed E-state index contributed by atoms with van der Waals surface area (Å²) in [7, 11) is 0. The van der Waals surface area contributed by atoms with E-state index >= 15 is 0 Å². The number of carbonyl (C=O) groups excluding carboxylic acids is 1. The second-order valence-corrected chi connectivity index (χ2v) is 8.89. The zero-order valence-corrected chi connectivity index (χ0v) is 20.0. The molecular formula is C21H22BrClN4O2S. The number of benzene rings is 2. The van der Waals surface area contributed by atoms with Gasteiger partial charge in [0.15, 0.2) is 17.1 Å². The van der Waals surface area contributed by atoms with Crippen molar-refractivity contribution >= 4 is 50.9 Å². The number of amides is 1. The first-order chi connectivity index (χ1) is 14.4. The Hall–Kier alpha value is -2.03. The second kappa shape index (κ2) is 10.3. The molecule has 0 saturated carbocycles. The third-order valence-electron chi connectivity index (χ3n) is 4.28. The average Bonchev–Trinajstić information content (AvgIpc) is 3.14. The zero-order chi connectivity index (χ0) is 21.7. The van der Waals surface area contributed by atoms with Crippen molar-refractivity contribution in [2.24, 2.45) is 0 Å². The van der Waals surface area contributed by atoms with Crippen molar-refractivity contribution in [2.75, 3.05) is 11.1 Å². The highest BCUT2D eigenvalue weighted by molar-refractivity contribution is 9.10. The Morgan fingerprint density at radius 2 is 2.00 bits per heavy atom. The van der Waals surface area contributed by atoms with Gasteiger partial charge in [0.1, 0.15) is 5.75 Å². The topological polar surface area (TPSA) is 69.0 Å². The molecule has 1 unspecified atom stereocenters. The average molecular weight is 510 g/mol. The molecule has 1 amide bonds. The van der Waals surface area contributed by atoms with Gasteiger partial charge >= 0.3 is 0 Å². The van der Waals surface area contributed by atoms with E-state index in [9.17, 15) is 4.79 Å². The van der Waals surface area contributed by atoms with Crippen molar-refractivity contribution in [1.82, 2.24) is 14.8 Å². The Kier molecular flexibility index (Phi) is 7.80. The van der Waals surface area contributed by atoms with Crippen LogP contribution in [0.2, 0.25) is 5.02 Å². The largest absolute Gasteiger partial charge is 0.481 e. The molecule has 0 aliphatic rings. The monoisotopic (exact) mass is 508 g/mol. The van der Waals surface area contributed by atoms with Gasteiger partial charge in [0.05, 0.1) is 10.8 Å². The quantitative estimate of drug-likeness (QED) is 0.383. The standard InChI is InChI=1S/C21H22BrClN4O2S/c1-4-27-20(14(3)29-18-11-13(2)5-10-17(18)23)25-26-21(27)30-12-19(28)24-16-8-6-15(22)7-9-16/h5-11,14H,4,12H2,1-3H3,(H,24,28). The molecule has 6 nitrogen and oxygen atoms in total. The van der Waals surface area contributed by atoms with Crippen LogP contribution in [0.4, 0.5) is 5.69 Å². The van der Waals surface area contributed by atoms with Crippen molar-refractivity contribution in [2.45, 2.75) is 38.6 Å². The number of ether oxygens (including phenoxy) is 1. The number of anilines is 1. The highest BCUT2D eigenvalue weighted by Gasteiger charge is 2.20. The van der Waals surface area contributed by atoms with Crippen LogP contribution < -0.4 is 10.1 Å². The van der Waals surface area contributed by atoms with Crippen LogP contribution in [-0.4, -0.2) is 26.4 Å². The molecule has 1 heterocycles. The third kappa shape index (κ3) is 5.77. The van der Waals surface area contributed by atoms with Crippen LogP contribution in [0.15, 0.2) is 52.1 Å². The summed E-state index contributed by atoms with van der Waals surface area (Å²) in [5, 5.41) is 12.6. The molecule has 3 aromatic rings. The molecule has 30 heavy (non-hydrogen) atoms. The number of aromatic nitrogens is 3. The minimum atomic E-state index is -0.345. The number of carbonyl (C=O) groups is 1. The molecule has 1 aromatic heterocycles. The predicted molar refractivity (Wildman–Crippen MR) is 124 cm³/mol. The Labute approximate surface area is 193 Å². The van der Waals surface area contributed by atoms with Crippen molar-refractivity contribution in [3.63, 3.8) is 0 Å². The van der Waals surface area contributed by atoms with Crippen LogP contribution >= 0.6 is 39.3 Å². The number of thioether (sulfide) groups is 1. The van der Waals surface area contributed by atoms with Gasteiger partial charge in [-0.1, -0.05) is 45.4 Å². The van der Waals surface area contributed by atoms with Gasteiger partial charge in [0.25, 0.3) is 0 Å². The van der Waals surface area contributed by atoms with E-state index in [1.54, 1.807) is 0 Å². The highest BCUT2D eigenvalue weighted by atomic mass is 79.9. The lowest BCUT2D eigenvalue weighted by atomic mass is 10.2. The zero-order valence-electron chi connectivity index (χ0n) is 16.9. The molecule has 2 aromatic carbocycles. The maximum absolute atomic E-state index is 12.3. The maximum Gasteiger partial charge on any atom is 0.234 e. The summed E-state index contributed by atoms with van der Waals surface area (Å²) in [6.07, 6.45) is -0.345. The molecule has 0 fully saturated rings. The predicted octanol–water partition coefficient (Wildman–Crippen LogP) is 5.89. The molecule has 158 valence electrons. The maximum atomic E-state index is 12.3. The number of halogens is 2. The van der Waals surface area contributed by atoms with Crippen LogP contribution in [0, 0.1) is 6.92 Å². The van der Waals surface area contributed by atoms with Crippen molar-refractivity contribution in [3.05, 3.63) is 63.3 Å². The first kappa shape index (κ1) is 22.7. The normalized spacial score (nSPS) is 11.9. The van der Waals surface area contributed by atoms with E-state index in [0.29, 0.717) is 28.3 Å². The summed E-state index contributed by atoms with van der Waals surface area (Å²) >= 11 is 11.0. The molecule has 0 aliphatic carbocycles. The summed E-state index contributed by atoms with van der Waals surface area (Å²) in [5.74, 6) is 1.42. The van der Waals surface area contributed by atoms with Crippen LogP contribution in [-0.2, 0) is 11.3 Å². The third-order valence-corrected chi connectivity index (χ3v) is 6.08. The highest BCUT2D eigenvalue weighted by Crippen LogP contribution is 2.30. The van der Waals surface area contributed by atoms with E-state index < -0.39 is 0 Å². The fourth-order valence-corrected chi connectivity index (χ4v) is 4.05. The number of aryl methyl sites for hydroxylation is 1. The molecular weight excluding hydrogens is 488 g/mol. The van der Waals surface area contributed by atoms with Crippen molar-refractivity contribution in [3.8, 4) is 5.75 Å². The van der Waals surface area contributed by atoms with E-state index in [-0.39, 0.29) is 17.8 Å². The van der Waals surface area contributed by atoms with E-state index in [4.69, 9.17) is 16.3 Å². The number of rotatable bonds is 8. The number of hydrogen-bond donors (Lipinski definition) is 1. The summed E-state index contributed by atoms with van der Waals surface area (Å²) in [6.45, 7) is 6.55. The lowest BCUT2D eigenvalue weighted by Crippen LogP contribution is -2.15. The number of hydrogen-bond acceptors (Lipinski definition) is 5. The van der Waals surface area contributed by atoms with Crippen molar-refractivity contribution in [1.29, 1.82) is 0 Å². The molecule has 0 aliphatic heterocycles. The fourth-order valence-electron chi connectivity index (χ4n) is 2.81. The lowest BCUT2D eigenvalue weighted by molar-refractivity contribution is -0.113. The second-order valence-electron chi connectivity index (χ2n) is 6.62. The van der Waals surface area contributed by atoms with E-state index in [1.165, 1.54) is 11.8 Å². The van der Waals surface area contributed by atoms with E-state index in [2.05, 4.69) is 31.4 Å². The van der Waals surface area contributed by atoms with Crippen LogP contribution in [0.25, 0.3) is 0 Å². The van der Waals surface area contributed by atoms with Crippen LogP contribution in [0.1, 0.15) is 31.3 Å². The van der Waals surface area contributed by atoms with Gasteiger partial charge in [-0.25, -0.2) is 0 Å². The minimum absolute atomic E-state index is 0.106. The van der Waals surface area contributed by atoms with Gasteiger partial charge < -0.3 is 14.6 Å². The van der Waals surface area contributed by atoms with Gasteiger partial charge in [-0.2, -0.15) is 0 Å². The molecule has 3 rings (SSSR count). The summed E-state index contributed by atoms with van der Waals surface area (Å²) in [6, 6.07) is 13.1. The fraction of sp³-hybridized carbons (Fsp3) is 0.286. The van der Waals surface area contributed by atoms with E-state index in [0.717, 1.165) is 15.7 Å². The Morgan fingerprint density at radius 3 is 2.70 bits per heavy atom. The number of nitrogens with zero attached hydrogens (tertiary/aromatic N) is 3. The van der Waals surface area contributed by atoms with Gasteiger partial charge in [-0.15, -0.1) is 10.2 Å². The Balaban J connectivity index is 1.65. The van der Waals surface area contributed by atoms with Crippen molar-refractivity contribution < 1.29 is 9.53 Å². The smallest absolute Gasteiger partial charge is 0.234 e. The molecule has 0 spiro atoms. The van der Waals surface area contributed by atoms with Crippen LogP contribution in [0.3, 0.4) is 0 Å². The Bertz CT molecular complexity index is 1030. The summed E-state index contributed by atoms with van der Waals surface area (Å²) in [5.41, 5.74) is 1.81. The first-order valence-electron chi connectivity index (χ1n) is 9.41. The Morgan fingerprint density at radius 1 is 1.27 bits per heavy atom. The van der Waals surface area contributed by atoms with E-state index in [1.807, 2.05) is 67.8 Å². The van der Waals surface area contributed by atoms with Gasteiger partial charge in [-0.3, -0.25) is 4.79 Å². The van der Waals surface area contributed by atoms with Gasteiger partial charge in [0.2, 0.25) is 5.91 Å². The molecule has 0 radical (unpaired) electrons. The molecule has 0 saturated heterocycles. The van der Waals surface area contributed by atoms with Gasteiger partial charge in [0, 0.05) is 16.7 Å². The first-order valence-corrected chi connectivity index (χ1v) is 11.6. The van der Waals surface area contributed by atoms with Gasteiger partial charge in [-0.05, 0) is 62.7 Å². The lowest BCUT2D eigenvalue weighted by Gasteiger charge is -2.16. The summed E-state index contributed by atoms with van der Waals surface area (Å²) in [4.78, 5) is 12.3. The molecule has 0 bridgehead atoms. The minimum Gasteiger partial charge on any atom is -0.481 e. The molecule has 1 N–H and O–H groups in total. The van der Waals surface area contributed by atoms with Crippen LogP contribution in [0.5, 0.6) is 5.75 Å². The molecule has 9 heteroatoms. The summed E-state index contributed by atoms with van der Waals surface area (Å²) < 4.78 is 8.94. The number of nitrogens with one attached hydrogen (secondary N) is 1. The molecule has 1 atom stereocenters.